The first-order valence-electron chi connectivity index (χ1n) is 11.3. The van der Waals surface area contributed by atoms with Crippen LogP contribution in [-0.4, -0.2) is 17.7 Å². The molecule has 0 saturated heterocycles. The molecule has 0 spiro atoms. The number of hydrogen-bond acceptors (Lipinski definition) is 3. The Labute approximate surface area is 217 Å². The van der Waals surface area contributed by atoms with E-state index in [9.17, 15) is 14.4 Å². The zero-order chi connectivity index (χ0) is 24.9. The van der Waals surface area contributed by atoms with Crippen molar-refractivity contribution >= 4 is 17.7 Å². The number of carbonyl (C=O) groups is 3. The van der Waals surface area contributed by atoms with Gasteiger partial charge in [-0.1, -0.05) is 83.1 Å². The van der Waals surface area contributed by atoms with E-state index in [1.54, 1.807) is 0 Å². The Morgan fingerprint density at radius 2 is 0.484 bits per heavy atom. The third-order valence-corrected chi connectivity index (χ3v) is 5.29. The standard InChI is InChI=1S/3C8H17NO.Y/c3*1-5(2)7(6(3)4)8(9)10;/h3*5-7H,1-4H3,(H2,9,10);. The Hall–Kier alpha value is -0.486. The molecular weight excluding hydrogens is 467 g/mol. The van der Waals surface area contributed by atoms with Gasteiger partial charge in [0.05, 0.1) is 0 Å². The van der Waals surface area contributed by atoms with E-state index >= 15 is 0 Å². The van der Waals surface area contributed by atoms with E-state index < -0.39 is 0 Å². The molecule has 0 aliphatic heterocycles. The van der Waals surface area contributed by atoms with Gasteiger partial charge in [0.2, 0.25) is 17.7 Å². The van der Waals surface area contributed by atoms with E-state index in [2.05, 4.69) is 0 Å². The smallest absolute Gasteiger partial charge is 0.221 e. The molecule has 1 radical (unpaired) electrons. The maximum atomic E-state index is 10.8. The third kappa shape index (κ3) is 17.7. The first-order valence-corrected chi connectivity index (χ1v) is 11.3. The molecule has 0 aromatic carbocycles. The summed E-state index contributed by atoms with van der Waals surface area (Å²) in [7, 11) is 0. The van der Waals surface area contributed by atoms with E-state index in [1.807, 2.05) is 83.1 Å². The van der Waals surface area contributed by atoms with Crippen molar-refractivity contribution in [1.82, 2.24) is 0 Å². The number of nitrogens with two attached hydrogens (primary N) is 3. The van der Waals surface area contributed by atoms with Crippen molar-refractivity contribution in [2.75, 3.05) is 0 Å². The summed E-state index contributed by atoms with van der Waals surface area (Å²) < 4.78 is 0. The van der Waals surface area contributed by atoms with Crippen LogP contribution in [0.1, 0.15) is 83.1 Å². The molecular formula is C24H51N3O3Y. The molecule has 0 aromatic heterocycles. The van der Waals surface area contributed by atoms with Crippen molar-refractivity contribution in [2.24, 2.45) is 70.5 Å². The Balaban J connectivity index is -0.000000174. The molecule has 0 aliphatic carbocycles. The van der Waals surface area contributed by atoms with Crippen LogP contribution in [0.5, 0.6) is 0 Å². The van der Waals surface area contributed by atoms with Gasteiger partial charge < -0.3 is 17.2 Å². The number of hydrogen-bond donors (Lipinski definition) is 3. The van der Waals surface area contributed by atoms with Crippen LogP contribution < -0.4 is 17.2 Å². The molecule has 6 N–H and O–H groups in total. The zero-order valence-electron chi connectivity index (χ0n) is 22.2. The van der Waals surface area contributed by atoms with Gasteiger partial charge in [0.1, 0.15) is 0 Å². The molecule has 0 rings (SSSR count). The molecule has 0 atom stereocenters. The monoisotopic (exact) mass is 518 g/mol. The molecule has 31 heavy (non-hydrogen) atoms. The van der Waals surface area contributed by atoms with Gasteiger partial charge in [-0.2, -0.15) is 0 Å². The predicted octanol–water partition coefficient (Wildman–Crippen LogP) is 4.20. The summed E-state index contributed by atoms with van der Waals surface area (Å²) in [6.07, 6.45) is 0. The van der Waals surface area contributed by atoms with Crippen molar-refractivity contribution in [3.05, 3.63) is 0 Å². The van der Waals surface area contributed by atoms with E-state index in [0.29, 0.717) is 35.5 Å². The van der Waals surface area contributed by atoms with E-state index in [0.717, 1.165) is 0 Å². The van der Waals surface area contributed by atoms with Crippen molar-refractivity contribution in [2.45, 2.75) is 83.1 Å². The Morgan fingerprint density at radius 3 is 0.484 bits per heavy atom. The van der Waals surface area contributed by atoms with Crippen molar-refractivity contribution in [3.63, 3.8) is 0 Å². The fourth-order valence-electron chi connectivity index (χ4n) is 4.28. The summed E-state index contributed by atoms with van der Waals surface area (Å²) in [5.74, 6) is 1.71. The molecule has 0 fully saturated rings. The SMILES string of the molecule is CC(C)C(C(N)=O)C(C)C.CC(C)C(C(N)=O)C(C)C.CC(C)C(C(N)=O)C(C)C.[Y]. The number of carbonyl (C=O) groups excluding carboxylic acids is 3. The molecule has 0 saturated carbocycles. The van der Waals surface area contributed by atoms with Crippen LogP contribution in [0, 0.1) is 53.3 Å². The summed E-state index contributed by atoms with van der Waals surface area (Å²) in [6, 6.07) is 0. The minimum absolute atomic E-state index is 0. The topological polar surface area (TPSA) is 129 Å². The average Bonchev–Trinajstić information content (AvgIpc) is 2.43. The Bertz CT molecular complexity index is 409. The van der Waals surface area contributed by atoms with E-state index in [-0.39, 0.29) is 68.2 Å². The van der Waals surface area contributed by atoms with Gasteiger partial charge in [-0.25, -0.2) is 0 Å². The van der Waals surface area contributed by atoms with Crippen LogP contribution in [0.3, 0.4) is 0 Å². The average molecular weight is 519 g/mol. The second-order valence-electron chi connectivity index (χ2n) is 10.2. The first kappa shape index (κ1) is 37.8. The largest absolute Gasteiger partial charge is 0.369 e. The van der Waals surface area contributed by atoms with Crippen LogP contribution in [0.4, 0.5) is 0 Å². The summed E-state index contributed by atoms with van der Waals surface area (Å²) in [4.78, 5) is 32.4. The normalized spacial score (nSPS) is 11.1. The van der Waals surface area contributed by atoms with Gasteiger partial charge >= 0.3 is 0 Å². The molecule has 0 heterocycles. The summed E-state index contributed by atoms with van der Waals surface area (Å²) in [6.45, 7) is 24.3. The molecule has 0 aliphatic rings. The van der Waals surface area contributed by atoms with Crippen LogP contribution in [0.15, 0.2) is 0 Å². The van der Waals surface area contributed by atoms with Gasteiger partial charge in [-0.3, -0.25) is 14.4 Å². The molecule has 6 nitrogen and oxygen atoms in total. The van der Waals surface area contributed by atoms with Gasteiger partial charge in [0, 0.05) is 50.5 Å². The van der Waals surface area contributed by atoms with Gasteiger partial charge in [-0.15, -0.1) is 0 Å². The number of amides is 3. The second-order valence-corrected chi connectivity index (χ2v) is 10.2. The van der Waals surface area contributed by atoms with Crippen LogP contribution in [-0.2, 0) is 47.1 Å². The van der Waals surface area contributed by atoms with E-state index in [4.69, 9.17) is 17.2 Å². The fraction of sp³-hybridized carbons (Fsp3) is 0.875. The minimum atomic E-state index is -0.176. The van der Waals surface area contributed by atoms with E-state index in [1.165, 1.54) is 0 Å². The molecule has 0 aromatic rings. The molecule has 3 amide bonds. The second kappa shape index (κ2) is 19.0. The summed E-state index contributed by atoms with van der Waals surface area (Å²) in [5.41, 5.74) is 15.6. The van der Waals surface area contributed by atoms with Crippen LogP contribution in [0.2, 0.25) is 0 Å². The number of primary amides is 3. The van der Waals surface area contributed by atoms with Gasteiger partial charge in [0.15, 0.2) is 0 Å². The van der Waals surface area contributed by atoms with Gasteiger partial charge in [0.25, 0.3) is 0 Å². The van der Waals surface area contributed by atoms with Crippen LogP contribution >= 0.6 is 0 Å². The maximum absolute atomic E-state index is 10.8. The molecule has 7 heteroatoms. The summed E-state index contributed by atoms with van der Waals surface area (Å²) in [5, 5.41) is 0. The third-order valence-electron chi connectivity index (χ3n) is 5.29. The quantitative estimate of drug-likeness (QED) is 0.423. The zero-order valence-corrected chi connectivity index (χ0v) is 25.1. The van der Waals surface area contributed by atoms with Crippen LogP contribution in [0.25, 0.3) is 0 Å². The molecule has 0 unspecified atom stereocenters. The van der Waals surface area contributed by atoms with Crippen molar-refractivity contribution in [3.8, 4) is 0 Å². The minimum Gasteiger partial charge on any atom is -0.369 e. The number of rotatable bonds is 9. The molecule has 183 valence electrons. The first-order chi connectivity index (χ1) is 13.4. The van der Waals surface area contributed by atoms with Crippen molar-refractivity contribution < 1.29 is 47.1 Å². The maximum Gasteiger partial charge on any atom is 0.221 e. The fourth-order valence-corrected chi connectivity index (χ4v) is 4.28. The Morgan fingerprint density at radius 1 is 0.387 bits per heavy atom. The molecule has 0 bridgehead atoms. The predicted molar refractivity (Wildman–Crippen MR) is 127 cm³/mol. The van der Waals surface area contributed by atoms with Gasteiger partial charge in [-0.05, 0) is 35.5 Å². The summed E-state index contributed by atoms with van der Waals surface area (Å²) >= 11 is 0. The van der Waals surface area contributed by atoms with Crippen molar-refractivity contribution in [1.29, 1.82) is 0 Å². The Kier molecular flexibility index (Phi) is 23.2.